The smallest absolute Gasteiger partial charge is 0.256 e. The van der Waals surface area contributed by atoms with Crippen LogP contribution in [0.5, 0.6) is 11.5 Å². The van der Waals surface area contributed by atoms with Crippen LogP contribution in [0.15, 0.2) is 170 Å². The molecule has 0 bridgehead atoms. The Morgan fingerprint density at radius 3 is 0.990 bits per heavy atom. The molecule has 0 spiro atoms. The molecule has 0 fully saturated rings. The Bertz CT molecular complexity index is 4930. The Morgan fingerprint density at radius 2 is 0.583 bits per heavy atom. The van der Waals surface area contributed by atoms with Gasteiger partial charge in [0, 0.05) is 75.1 Å². The highest BCUT2D eigenvalue weighted by Crippen LogP contribution is 2.51. The summed E-state index contributed by atoms with van der Waals surface area (Å²) in [6.07, 6.45) is 4.51. The van der Waals surface area contributed by atoms with Crippen LogP contribution in [0.25, 0.3) is 0 Å². The fourth-order valence-electron chi connectivity index (χ4n) is 16.6. The third-order valence-electron chi connectivity index (χ3n) is 21.6. The molecule has 96 heavy (non-hydrogen) atoms. The summed E-state index contributed by atoms with van der Waals surface area (Å²) in [6.45, 7) is 41.4. The van der Waals surface area contributed by atoms with Gasteiger partial charge in [-0.1, -0.05) is 177 Å². The number of rotatable bonds is 5. The van der Waals surface area contributed by atoms with Crippen LogP contribution >= 0.6 is 23.9 Å². The van der Waals surface area contributed by atoms with Gasteiger partial charge in [0.2, 0.25) is 0 Å². The van der Waals surface area contributed by atoms with E-state index in [1.807, 2.05) is 11.9 Å². The Balaban J connectivity index is 1.02. The average Bonchev–Trinajstić information content (AvgIpc) is 0.689. The highest BCUT2D eigenvalue weighted by Gasteiger charge is 2.51. The van der Waals surface area contributed by atoms with E-state index in [9.17, 15) is 0 Å². The molecule has 6 aliphatic rings. The van der Waals surface area contributed by atoms with Crippen molar-refractivity contribution in [2.75, 3.05) is 35.8 Å². The number of benzene rings is 10. The highest BCUT2D eigenvalue weighted by atomic mass is 32.2. The van der Waals surface area contributed by atoms with Crippen molar-refractivity contribution in [3.63, 3.8) is 0 Å². The third kappa shape index (κ3) is 9.60. The van der Waals surface area contributed by atoms with Crippen LogP contribution in [-0.2, 0) is 27.1 Å². The van der Waals surface area contributed by atoms with Crippen LogP contribution in [-0.4, -0.2) is 32.6 Å². The van der Waals surface area contributed by atoms with Crippen molar-refractivity contribution in [3.8, 4) is 11.5 Å². The monoisotopic (exact) mass is 1290 g/mol. The second-order valence-corrected chi connectivity index (χ2v) is 34.8. The van der Waals surface area contributed by atoms with Crippen LogP contribution in [0.4, 0.5) is 73.9 Å². The molecule has 0 aromatic heterocycles. The van der Waals surface area contributed by atoms with E-state index in [4.69, 9.17) is 4.74 Å². The van der Waals surface area contributed by atoms with Gasteiger partial charge in [-0.25, -0.2) is 0 Å². The van der Waals surface area contributed by atoms with Crippen molar-refractivity contribution in [1.29, 1.82) is 0 Å². The maximum Gasteiger partial charge on any atom is 0.256 e. The zero-order valence-corrected chi connectivity index (χ0v) is 61.5. The molecular weight excluding hydrogens is 1200 g/mol. The third-order valence-corrected chi connectivity index (χ3v) is 23.1. The molecule has 10 aromatic rings. The molecule has 0 atom stereocenters. The zero-order chi connectivity index (χ0) is 67.5. The van der Waals surface area contributed by atoms with Crippen molar-refractivity contribution >= 4 is 167 Å². The summed E-state index contributed by atoms with van der Waals surface area (Å²) in [5.41, 5.74) is 37.3. The van der Waals surface area contributed by atoms with E-state index in [2.05, 4.69) is 330 Å². The first kappa shape index (κ1) is 62.7. The number of anilines is 13. The first-order valence-electron chi connectivity index (χ1n) is 34.6. The van der Waals surface area contributed by atoms with Crippen molar-refractivity contribution in [2.24, 2.45) is 0 Å². The predicted octanol–water partition coefficient (Wildman–Crippen LogP) is 17.6. The summed E-state index contributed by atoms with van der Waals surface area (Å²) in [5.74, 6) is 1.88. The van der Waals surface area contributed by atoms with Gasteiger partial charge in [0.25, 0.3) is 20.1 Å². The molecule has 16 rings (SSSR count). The molecule has 11 heteroatoms. The standard InChI is InChI=1S/C85H88B3N5OS2/c1-49-37-71-78-72(38-49)90(58-31-23-53(24-32-58)82(7,8)9)67-47-69-63(45-61(67)86(78)60-43-55(84(13,14)15)27-35-66(60)89(71)57-29-21-52(22-30-57)81(4,5)6)87-62-46-64-70(93(96-20)75-41-51(3)42-77-80(75)88(64)65-44-56(85(16,17)18)28-36-76(65)94-77)48-68(62)91(59-33-25-54(26-34-59)83(10,11)12)73-39-50(2)40-74(79(73)87)92(69)95-19/h21-48H,1-20H3. The summed E-state index contributed by atoms with van der Waals surface area (Å²) >= 11 is 3.60. The van der Waals surface area contributed by atoms with Gasteiger partial charge in [-0.15, -0.1) is 0 Å². The molecule has 6 nitrogen and oxygen atoms in total. The van der Waals surface area contributed by atoms with Crippen LogP contribution in [0.1, 0.15) is 148 Å². The summed E-state index contributed by atoms with van der Waals surface area (Å²) in [5, 5.41) is 0. The average molecular weight is 1290 g/mol. The molecule has 0 N–H and O–H groups in total. The normalized spacial score (nSPS) is 14.9. The van der Waals surface area contributed by atoms with Gasteiger partial charge in [-0.2, -0.15) is 0 Å². The lowest BCUT2D eigenvalue weighted by Gasteiger charge is -2.47. The fourth-order valence-corrected chi connectivity index (χ4v) is 18.0. The number of fused-ring (bicyclic) bond motifs is 12. The lowest BCUT2D eigenvalue weighted by Crippen LogP contribution is -2.66. The first-order valence-corrected chi connectivity index (χ1v) is 36.9. The van der Waals surface area contributed by atoms with E-state index >= 15 is 0 Å². The Morgan fingerprint density at radius 1 is 0.271 bits per heavy atom. The van der Waals surface area contributed by atoms with E-state index in [0.29, 0.717) is 0 Å². The Labute approximate surface area is 581 Å². The minimum absolute atomic E-state index is 0.00901. The lowest BCUT2D eigenvalue weighted by molar-refractivity contribution is 0.486. The topological polar surface area (TPSA) is 25.4 Å². The summed E-state index contributed by atoms with van der Waals surface area (Å²) in [7, 11) is 0. The van der Waals surface area contributed by atoms with Crippen LogP contribution < -0.4 is 77.2 Å². The van der Waals surface area contributed by atoms with E-state index in [0.717, 1.165) is 28.6 Å². The van der Waals surface area contributed by atoms with Gasteiger partial charge in [0.15, 0.2) is 0 Å². The maximum absolute atomic E-state index is 7.12. The molecule has 0 aliphatic carbocycles. The molecule has 0 saturated carbocycles. The predicted molar refractivity (Wildman–Crippen MR) is 423 cm³/mol. The molecule has 6 aliphatic heterocycles. The first-order chi connectivity index (χ1) is 45.4. The summed E-state index contributed by atoms with van der Waals surface area (Å²) in [4.78, 5) is 7.85. The van der Waals surface area contributed by atoms with Gasteiger partial charge >= 0.3 is 0 Å². The second kappa shape index (κ2) is 21.4. The SMILES string of the molecule is CSN1c2cc3c(cc2B2c4cc(C(C)(C)C)ccc4Oc4cc(C)cc1c42)B1c2cc4c(cc2N(SC)c2cc(C)cc(c21)N3c1ccc(C(C)(C)C)cc1)N(c1ccc(C(C)(C)C)cc1)c1cc(C)cc2c1B4c1cc(C(C)(C)C)ccc1N2c1ccc(C(C)(C)C)cc1. The molecule has 0 unspecified atom stereocenters. The van der Waals surface area contributed by atoms with Gasteiger partial charge in [0.05, 0.1) is 11.4 Å². The quantitative estimate of drug-likeness (QED) is 0.124. The van der Waals surface area contributed by atoms with Crippen molar-refractivity contribution in [2.45, 2.75) is 152 Å². The molecule has 6 heterocycles. The number of hydrogen-bond acceptors (Lipinski definition) is 8. The largest absolute Gasteiger partial charge is 0.458 e. The second-order valence-electron chi connectivity index (χ2n) is 33.3. The molecule has 0 amide bonds. The van der Waals surface area contributed by atoms with E-state index < -0.39 is 0 Å². The number of nitrogens with zero attached hydrogens (tertiary/aromatic N) is 5. The van der Waals surface area contributed by atoms with Crippen LogP contribution in [0.3, 0.4) is 0 Å². The highest BCUT2D eigenvalue weighted by molar-refractivity contribution is 8.00. The Hall–Kier alpha value is -8.11. The van der Waals surface area contributed by atoms with Crippen LogP contribution in [0.2, 0.25) is 0 Å². The van der Waals surface area contributed by atoms with Gasteiger partial charge in [-0.05, 0) is 262 Å². The number of aryl methyl sites for hydroxylation is 3. The van der Waals surface area contributed by atoms with Gasteiger partial charge < -0.3 is 19.4 Å². The minimum Gasteiger partial charge on any atom is -0.458 e. The molecule has 480 valence electrons. The summed E-state index contributed by atoms with van der Waals surface area (Å²) in [6, 6.07) is 68.0. The Kier molecular flexibility index (Phi) is 14.0. The number of hydrogen-bond donors (Lipinski definition) is 0. The minimum atomic E-state index is -0.160. The lowest BCUT2D eigenvalue weighted by atomic mass is 9.29. The maximum atomic E-state index is 7.12. The van der Waals surface area contributed by atoms with Crippen LogP contribution in [0, 0.1) is 20.8 Å². The summed E-state index contributed by atoms with van der Waals surface area (Å²) < 4.78 is 12.2. The van der Waals surface area contributed by atoms with E-state index in [-0.39, 0.29) is 47.2 Å². The van der Waals surface area contributed by atoms with Crippen molar-refractivity contribution in [1.82, 2.24) is 0 Å². The van der Waals surface area contributed by atoms with E-state index in [1.54, 1.807) is 11.9 Å². The van der Waals surface area contributed by atoms with Crippen molar-refractivity contribution < 1.29 is 4.74 Å². The molecular formula is C85H88B3N5OS2. The van der Waals surface area contributed by atoms with Gasteiger partial charge in [0.1, 0.15) is 11.5 Å². The molecule has 0 saturated heterocycles. The van der Waals surface area contributed by atoms with Gasteiger partial charge in [-0.3, -0.25) is 8.61 Å². The zero-order valence-electron chi connectivity index (χ0n) is 59.9. The van der Waals surface area contributed by atoms with E-state index in [1.165, 1.54) is 151 Å². The number of ether oxygens (including phenoxy) is 1. The van der Waals surface area contributed by atoms with Crippen molar-refractivity contribution in [3.05, 3.63) is 214 Å². The molecule has 10 aromatic carbocycles. The molecule has 0 radical (unpaired) electrons. The fraction of sp³-hybridized carbons (Fsp3) is 0.294.